The summed E-state index contributed by atoms with van der Waals surface area (Å²) in [6.07, 6.45) is 1.80. The lowest BCUT2D eigenvalue weighted by atomic mass is 10.0. The summed E-state index contributed by atoms with van der Waals surface area (Å²) in [4.78, 5) is 4.35. The highest BCUT2D eigenvalue weighted by atomic mass is 19.1. The summed E-state index contributed by atoms with van der Waals surface area (Å²) < 4.78 is 19.2. The molecule has 0 bridgehead atoms. The molecule has 0 amide bonds. The Morgan fingerprint density at radius 1 is 0.821 bits per heavy atom. The number of benzene rings is 3. The third-order valence-corrected chi connectivity index (χ3v) is 4.64. The number of fused-ring (bicyclic) bond motifs is 1. The molecule has 0 aliphatic carbocycles. The van der Waals surface area contributed by atoms with E-state index in [1.54, 1.807) is 18.3 Å². The Hall–Kier alpha value is -3.24. The topological polar surface area (TPSA) is 34.1 Å². The Bertz CT molecular complexity index is 1050. The molecule has 0 atom stereocenters. The van der Waals surface area contributed by atoms with Gasteiger partial charge in [0.2, 0.25) is 0 Å². The van der Waals surface area contributed by atoms with Gasteiger partial charge >= 0.3 is 0 Å². The number of hydrogen-bond donors (Lipinski definition) is 1. The zero-order valence-corrected chi connectivity index (χ0v) is 15.4. The molecule has 0 fully saturated rings. The number of halogens is 1. The van der Waals surface area contributed by atoms with Crippen molar-refractivity contribution in [2.24, 2.45) is 0 Å². The van der Waals surface area contributed by atoms with Gasteiger partial charge < -0.3 is 10.1 Å². The van der Waals surface area contributed by atoms with Gasteiger partial charge in [-0.15, -0.1) is 0 Å². The first kappa shape index (κ1) is 18.1. The Balaban J connectivity index is 1.54. The average Bonchev–Trinajstić information content (AvgIpc) is 2.75. The van der Waals surface area contributed by atoms with E-state index in [1.807, 2.05) is 36.4 Å². The highest BCUT2D eigenvalue weighted by molar-refractivity contribution is 5.87. The van der Waals surface area contributed by atoms with Crippen LogP contribution >= 0.6 is 0 Å². The predicted octanol–water partition coefficient (Wildman–Crippen LogP) is 5.24. The van der Waals surface area contributed by atoms with Gasteiger partial charge in [-0.3, -0.25) is 4.98 Å². The second-order valence-corrected chi connectivity index (χ2v) is 6.60. The molecular weight excluding hydrogens is 351 g/mol. The number of aromatic nitrogens is 1. The van der Waals surface area contributed by atoms with Crippen molar-refractivity contribution >= 4 is 10.8 Å². The Morgan fingerprint density at radius 3 is 2.46 bits per heavy atom. The third kappa shape index (κ3) is 4.35. The number of nitrogens with one attached hydrogen (secondary N) is 1. The molecule has 0 spiro atoms. The minimum Gasteiger partial charge on any atom is -0.489 e. The first-order chi connectivity index (χ1) is 13.8. The first-order valence-corrected chi connectivity index (χ1v) is 9.28. The van der Waals surface area contributed by atoms with Crippen molar-refractivity contribution in [2.45, 2.75) is 19.7 Å². The lowest BCUT2D eigenvalue weighted by Gasteiger charge is -2.15. The lowest BCUT2D eigenvalue weighted by Crippen LogP contribution is -2.15. The zero-order chi connectivity index (χ0) is 19.2. The molecule has 0 aliphatic heterocycles. The summed E-state index contributed by atoms with van der Waals surface area (Å²) in [5, 5.41) is 5.80. The highest BCUT2D eigenvalue weighted by Crippen LogP contribution is 2.29. The van der Waals surface area contributed by atoms with Crippen LogP contribution in [0.25, 0.3) is 10.8 Å². The van der Waals surface area contributed by atoms with E-state index >= 15 is 0 Å². The molecule has 3 aromatic carbocycles. The number of rotatable bonds is 7. The van der Waals surface area contributed by atoms with Gasteiger partial charge in [0.25, 0.3) is 0 Å². The molecule has 28 heavy (non-hydrogen) atoms. The fourth-order valence-corrected chi connectivity index (χ4v) is 3.19. The van der Waals surface area contributed by atoms with E-state index < -0.39 is 0 Å². The largest absolute Gasteiger partial charge is 0.489 e. The molecule has 0 aliphatic rings. The van der Waals surface area contributed by atoms with E-state index in [0.717, 1.165) is 28.0 Å². The van der Waals surface area contributed by atoms with Crippen LogP contribution in [0.3, 0.4) is 0 Å². The molecule has 1 heterocycles. The van der Waals surface area contributed by atoms with Crippen molar-refractivity contribution in [1.82, 2.24) is 10.3 Å². The molecule has 4 aromatic rings. The minimum atomic E-state index is -0.242. The molecule has 1 N–H and O–H groups in total. The smallest absolute Gasteiger partial charge is 0.124 e. The monoisotopic (exact) mass is 372 g/mol. The van der Waals surface area contributed by atoms with Crippen LogP contribution in [-0.2, 0) is 19.7 Å². The van der Waals surface area contributed by atoms with E-state index in [0.29, 0.717) is 19.7 Å². The van der Waals surface area contributed by atoms with Gasteiger partial charge in [-0.1, -0.05) is 48.5 Å². The number of hydrogen-bond acceptors (Lipinski definition) is 3. The molecular formula is C24H21FN2O. The molecule has 1 aromatic heterocycles. The third-order valence-electron chi connectivity index (χ3n) is 4.64. The van der Waals surface area contributed by atoms with Gasteiger partial charge in [0.15, 0.2) is 0 Å². The van der Waals surface area contributed by atoms with Crippen molar-refractivity contribution in [3.05, 3.63) is 108 Å². The summed E-state index contributed by atoms with van der Waals surface area (Å²) in [5.41, 5.74) is 3.04. The maximum atomic E-state index is 13.1. The van der Waals surface area contributed by atoms with Crippen LogP contribution in [0.1, 0.15) is 16.8 Å². The molecule has 140 valence electrons. The van der Waals surface area contributed by atoms with Crippen LogP contribution in [-0.4, -0.2) is 4.98 Å². The van der Waals surface area contributed by atoms with Crippen LogP contribution in [0.15, 0.2) is 85.1 Å². The van der Waals surface area contributed by atoms with Crippen LogP contribution < -0.4 is 10.1 Å². The van der Waals surface area contributed by atoms with Crippen molar-refractivity contribution in [3.8, 4) is 5.75 Å². The normalized spacial score (nSPS) is 10.9. The van der Waals surface area contributed by atoms with Gasteiger partial charge in [0, 0.05) is 24.8 Å². The number of pyridine rings is 1. The second kappa shape index (κ2) is 8.63. The molecule has 4 heteroatoms. The van der Waals surface area contributed by atoms with Crippen molar-refractivity contribution in [2.75, 3.05) is 0 Å². The van der Waals surface area contributed by atoms with Crippen LogP contribution in [0.5, 0.6) is 5.75 Å². The van der Waals surface area contributed by atoms with Gasteiger partial charge in [0.1, 0.15) is 18.2 Å². The van der Waals surface area contributed by atoms with E-state index in [9.17, 15) is 4.39 Å². The van der Waals surface area contributed by atoms with Crippen molar-refractivity contribution in [3.63, 3.8) is 0 Å². The second-order valence-electron chi connectivity index (χ2n) is 6.60. The highest BCUT2D eigenvalue weighted by Gasteiger charge is 2.09. The zero-order valence-electron chi connectivity index (χ0n) is 15.4. The molecule has 0 radical (unpaired) electrons. The van der Waals surface area contributed by atoms with Crippen molar-refractivity contribution < 1.29 is 9.13 Å². The fourth-order valence-electron chi connectivity index (χ4n) is 3.19. The van der Waals surface area contributed by atoms with E-state index in [4.69, 9.17) is 4.74 Å². The Morgan fingerprint density at radius 2 is 1.64 bits per heavy atom. The van der Waals surface area contributed by atoms with E-state index in [-0.39, 0.29) is 5.82 Å². The van der Waals surface area contributed by atoms with Crippen LogP contribution in [0, 0.1) is 5.82 Å². The quantitative estimate of drug-likeness (QED) is 0.482. The molecule has 0 saturated heterocycles. The maximum absolute atomic E-state index is 13.1. The summed E-state index contributed by atoms with van der Waals surface area (Å²) in [6, 6.07) is 24.6. The Labute approximate surface area is 163 Å². The molecule has 3 nitrogen and oxygen atoms in total. The summed E-state index contributed by atoms with van der Waals surface area (Å²) in [6.45, 7) is 1.74. The Kier molecular flexibility index (Phi) is 5.59. The summed E-state index contributed by atoms with van der Waals surface area (Å²) >= 11 is 0. The molecule has 0 unspecified atom stereocenters. The average molecular weight is 372 g/mol. The predicted molar refractivity (Wildman–Crippen MR) is 109 cm³/mol. The van der Waals surface area contributed by atoms with Crippen LogP contribution in [0.2, 0.25) is 0 Å². The maximum Gasteiger partial charge on any atom is 0.124 e. The summed E-state index contributed by atoms with van der Waals surface area (Å²) in [5.74, 6) is 0.588. The van der Waals surface area contributed by atoms with Crippen LogP contribution in [0.4, 0.5) is 4.39 Å². The van der Waals surface area contributed by atoms with Gasteiger partial charge in [-0.2, -0.15) is 0 Å². The summed E-state index contributed by atoms with van der Waals surface area (Å²) in [7, 11) is 0. The first-order valence-electron chi connectivity index (χ1n) is 9.28. The van der Waals surface area contributed by atoms with E-state index in [1.165, 1.54) is 17.5 Å². The lowest BCUT2D eigenvalue weighted by molar-refractivity contribution is 0.302. The van der Waals surface area contributed by atoms with Gasteiger partial charge in [0.05, 0.1) is 5.69 Å². The number of ether oxygens (including phenoxy) is 1. The molecule has 0 saturated carbocycles. The SMILES string of the molecule is Fc1ccc(COc2ccc3ccccc3c2CNCc2ccccn2)cc1. The standard InChI is InChI=1S/C24H21FN2O/c25-20-11-8-18(9-12-20)17-28-24-13-10-19-5-1-2-7-22(19)23(24)16-26-15-21-6-3-4-14-27-21/h1-14,26H,15-17H2. The van der Waals surface area contributed by atoms with Crippen molar-refractivity contribution in [1.29, 1.82) is 0 Å². The van der Waals surface area contributed by atoms with Gasteiger partial charge in [-0.05, 0) is 46.7 Å². The van der Waals surface area contributed by atoms with Gasteiger partial charge in [-0.25, -0.2) is 4.39 Å². The molecule has 4 rings (SSSR count). The minimum absolute atomic E-state index is 0.242. The number of nitrogens with zero attached hydrogens (tertiary/aromatic N) is 1. The van der Waals surface area contributed by atoms with E-state index in [2.05, 4.69) is 28.5 Å². The fraction of sp³-hybridized carbons (Fsp3) is 0.125.